The SMILES string of the molecule is COc1ccc(OC)c(/C=N\Nc2ccc(S(=O)(=O)N3CCC(C(=O)O)CC3)cc2[N+](=O)[O-])c1. The minimum Gasteiger partial charge on any atom is -0.497 e. The lowest BCUT2D eigenvalue weighted by Crippen LogP contribution is -2.40. The minimum atomic E-state index is -4.02. The van der Waals surface area contributed by atoms with Gasteiger partial charge in [-0.25, -0.2) is 8.42 Å². The van der Waals surface area contributed by atoms with Crippen LogP contribution in [0.25, 0.3) is 0 Å². The molecular formula is C21H24N4O8S. The fraction of sp³-hybridized carbons (Fsp3) is 0.333. The average Bonchev–Trinajstić information content (AvgIpc) is 2.83. The zero-order valence-corrected chi connectivity index (χ0v) is 19.3. The topological polar surface area (TPSA) is 161 Å². The number of carboxylic acids is 1. The van der Waals surface area contributed by atoms with Crippen molar-refractivity contribution >= 4 is 33.6 Å². The molecule has 1 aliphatic heterocycles. The van der Waals surface area contributed by atoms with Gasteiger partial charge >= 0.3 is 5.97 Å². The first-order valence-corrected chi connectivity index (χ1v) is 11.6. The zero-order chi connectivity index (χ0) is 24.9. The molecule has 13 heteroatoms. The first-order valence-electron chi connectivity index (χ1n) is 10.2. The van der Waals surface area contributed by atoms with Gasteiger partial charge in [0.25, 0.3) is 5.69 Å². The number of methoxy groups -OCH3 is 2. The number of hydrogen-bond acceptors (Lipinski definition) is 9. The van der Waals surface area contributed by atoms with Gasteiger partial charge in [-0.3, -0.25) is 20.3 Å². The van der Waals surface area contributed by atoms with Crippen LogP contribution in [0.5, 0.6) is 11.5 Å². The van der Waals surface area contributed by atoms with Crippen molar-refractivity contribution in [1.82, 2.24) is 4.31 Å². The second-order valence-electron chi connectivity index (χ2n) is 7.43. The number of nitrogens with one attached hydrogen (secondary N) is 1. The number of sulfonamides is 1. The van der Waals surface area contributed by atoms with E-state index in [4.69, 9.17) is 14.6 Å². The monoisotopic (exact) mass is 492 g/mol. The second-order valence-corrected chi connectivity index (χ2v) is 9.37. The Labute approximate surface area is 196 Å². The first kappa shape index (κ1) is 24.9. The van der Waals surface area contributed by atoms with Crippen LogP contribution in [0.15, 0.2) is 46.4 Å². The van der Waals surface area contributed by atoms with Crippen LogP contribution < -0.4 is 14.9 Å². The number of hydrogen-bond donors (Lipinski definition) is 2. The Hall–Kier alpha value is -3.71. The summed E-state index contributed by atoms with van der Waals surface area (Å²) in [5.74, 6) is -0.493. The van der Waals surface area contributed by atoms with E-state index in [0.717, 1.165) is 10.4 Å². The van der Waals surface area contributed by atoms with Crippen molar-refractivity contribution < 1.29 is 32.7 Å². The summed E-state index contributed by atoms with van der Waals surface area (Å²) in [7, 11) is -1.03. The van der Waals surface area contributed by atoms with Crippen molar-refractivity contribution in [1.29, 1.82) is 0 Å². The number of anilines is 1. The van der Waals surface area contributed by atoms with E-state index in [1.165, 1.54) is 32.6 Å². The highest BCUT2D eigenvalue weighted by Gasteiger charge is 2.33. The van der Waals surface area contributed by atoms with E-state index in [1.807, 2.05) is 0 Å². The molecule has 34 heavy (non-hydrogen) atoms. The van der Waals surface area contributed by atoms with Gasteiger partial charge in [0, 0.05) is 24.7 Å². The van der Waals surface area contributed by atoms with E-state index in [2.05, 4.69) is 10.5 Å². The highest BCUT2D eigenvalue weighted by atomic mass is 32.2. The molecule has 0 radical (unpaired) electrons. The Morgan fingerprint density at radius 3 is 2.50 bits per heavy atom. The number of rotatable bonds is 9. The lowest BCUT2D eigenvalue weighted by molar-refractivity contribution is -0.384. The predicted molar refractivity (Wildman–Crippen MR) is 123 cm³/mol. The molecule has 0 aliphatic carbocycles. The van der Waals surface area contributed by atoms with Crippen molar-refractivity contribution in [2.45, 2.75) is 17.7 Å². The molecule has 182 valence electrons. The number of hydrazone groups is 1. The van der Waals surface area contributed by atoms with Gasteiger partial charge in [-0.1, -0.05) is 0 Å². The molecule has 0 bridgehead atoms. The average molecular weight is 493 g/mol. The van der Waals surface area contributed by atoms with Gasteiger partial charge in [0.1, 0.15) is 17.2 Å². The van der Waals surface area contributed by atoms with Crippen LogP contribution in [-0.2, 0) is 14.8 Å². The minimum absolute atomic E-state index is 0.00773. The van der Waals surface area contributed by atoms with E-state index < -0.39 is 32.5 Å². The van der Waals surface area contributed by atoms with Crippen LogP contribution in [-0.4, -0.2) is 62.2 Å². The third-order valence-electron chi connectivity index (χ3n) is 5.43. The molecular weight excluding hydrogens is 468 g/mol. The van der Waals surface area contributed by atoms with Crippen LogP contribution in [0.3, 0.4) is 0 Å². The summed E-state index contributed by atoms with van der Waals surface area (Å²) in [4.78, 5) is 21.8. The Morgan fingerprint density at radius 2 is 1.91 bits per heavy atom. The normalized spacial score (nSPS) is 15.2. The quantitative estimate of drug-likeness (QED) is 0.304. The highest BCUT2D eigenvalue weighted by Crippen LogP contribution is 2.31. The molecule has 2 aromatic rings. The van der Waals surface area contributed by atoms with Crippen molar-refractivity contribution in [3.8, 4) is 11.5 Å². The van der Waals surface area contributed by atoms with E-state index in [1.54, 1.807) is 18.2 Å². The molecule has 12 nitrogen and oxygen atoms in total. The fourth-order valence-electron chi connectivity index (χ4n) is 3.52. The Morgan fingerprint density at radius 1 is 1.21 bits per heavy atom. The van der Waals surface area contributed by atoms with Gasteiger partial charge in [-0.15, -0.1) is 0 Å². The van der Waals surface area contributed by atoms with Crippen LogP contribution in [0.4, 0.5) is 11.4 Å². The Kier molecular flexibility index (Phi) is 7.68. The zero-order valence-electron chi connectivity index (χ0n) is 18.5. The maximum Gasteiger partial charge on any atom is 0.306 e. The molecule has 0 atom stereocenters. The fourth-order valence-corrected chi connectivity index (χ4v) is 5.01. The van der Waals surface area contributed by atoms with Gasteiger partial charge in [-0.2, -0.15) is 9.41 Å². The van der Waals surface area contributed by atoms with Gasteiger partial charge in [0.15, 0.2) is 0 Å². The van der Waals surface area contributed by atoms with Gasteiger partial charge < -0.3 is 14.6 Å². The van der Waals surface area contributed by atoms with Gasteiger partial charge in [-0.05, 0) is 43.2 Å². The smallest absolute Gasteiger partial charge is 0.306 e. The molecule has 0 aromatic heterocycles. The summed E-state index contributed by atoms with van der Waals surface area (Å²) in [5.41, 5.74) is 2.64. The van der Waals surface area contributed by atoms with Crippen molar-refractivity contribution in [2.24, 2.45) is 11.0 Å². The van der Waals surface area contributed by atoms with Gasteiger partial charge in [0.2, 0.25) is 10.0 Å². The molecule has 0 saturated carbocycles. The Balaban J connectivity index is 1.82. The summed E-state index contributed by atoms with van der Waals surface area (Å²) in [6.45, 7) is 0.0551. The van der Waals surface area contributed by atoms with Crippen molar-refractivity contribution in [3.05, 3.63) is 52.1 Å². The standard InChI is InChI=1S/C21H24N4O8S/c1-32-16-3-6-20(33-2)15(11-16)13-22-23-18-5-4-17(12-19(18)25(28)29)34(30,31)24-9-7-14(8-10-24)21(26)27/h3-6,11-14,23H,7-10H2,1-2H3,(H,26,27)/b22-13-. The molecule has 1 heterocycles. The molecule has 2 N–H and O–H groups in total. The summed E-state index contributed by atoms with van der Waals surface area (Å²) in [6.07, 6.45) is 1.75. The van der Waals surface area contributed by atoms with E-state index in [-0.39, 0.29) is 36.5 Å². The molecule has 0 spiro atoms. The summed E-state index contributed by atoms with van der Waals surface area (Å²) >= 11 is 0. The van der Waals surface area contributed by atoms with E-state index in [0.29, 0.717) is 17.1 Å². The number of carbonyl (C=O) groups is 1. The molecule has 2 aromatic carbocycles. The first-order chi connectivity index (χ1) is 16.2. The lowest BCUT2D eigenvalue weighted by Gasteiger charge is -2.29. The highest BCUT2D eigenvalue weighted by molar-refractivity contribution is 7.89. The summed E-state index contributed by atoms with van der Waals surface area (Å²) < 4.78 is 37.5. The number of benzene rings is 2. The lowest BCUT2D eigenvalue weighted by atomic mass is 9.99. The maximum absolute atomic E-state index is 13.0. The molecule has 0 unspecified atom stereocenters. The predicted octanol–water partition coefficient (Wildman–Crippen LogP) is 2.54. The number of nitro benzene ring substituents is 1. The number of nitro groups is 1. The van der Waals surface area contributed by atoms with Crippen molar-refractivity contribution in [3.63, 3.8) is 0 Å². The molecule has 0 amide bonds. The second kappa shape index (κ2) is 10.5. The van der Waals surface area contributed by atoms with Crippen LogP contribution in [0.1, 0.15) is 18.4 Å². The number of ether oxygens (including phenoxy) is 2. The van der Waals surface area contributed by atoms with Crippen LogP contribution in [0.2, 0.25) is 0 Å². The number of aliphatic carboxylic acids is 1. The molecule has 1 aliphatic rings. The summed E-state index contributed by atoms with van der Waals surface area (Å²) in [6, 6.07) is 8.52. The largest absolute Gasteiger partial charge is 0.497 e. The van der Waals surface area contributed by atoms with Crippen LogP contribution >= 0.6 is 0 Å². The number of nitrogens with zero attached hydrogens (tertiary/aromatic N) is 3. The van der Waals surface area contributed by atoms with Crippen LogP contribution in [0, 0.1) is 16.0 Å². The number of carboxylic acid groups (broad SMARTS) is 1. The number of piperidine rings is 1. The van der Waals surface area contributed by atoms with E-state index >= 15 is 0 Å². The van der Waals surface area contributed by atoms with E-state index in [9.17, 15) is 23.3 Å². The van der Waals surface area contributed by atoms with Gasteiger partial charge in [0.05, 0.1) is 36.2 Å². The summed E-state index contributed by atoms with van der Waals surface area (Å²) in [5, 5.41) is 24.7. The maximum atomic E-state index is 13.0. The molecule has 3 rings (SSSR count). The third-order valence-corrected chi connectivity index (χ3v) is 7.33. The molecule has 1 saturated heterocycles. The van der Waals surface area contributed by atoms with Crippen molar-refractivity contribution in [2.75, 3.05) is 32.7 Å². The Bertz CT molecular complexity index is 1210. The third kappa shape index (κ3) is 5.43. The molecule has 1 fully saturated rings.